The van der Waals surface area contributed by atoms with Crippen LogP contribution in [0.5, 0.6) is 0 Å². The van der Waals surface area contributed by atoms with Gasteiger partial charge in [-0.25, -0.2) is 4.98 Å². The number of fused-ring (bicyclic) bond motifs is 1. The molecule has 0 aromatic carbocycles. The molecule has 1 N–H and O–H groups in total. The minimum atomic E-state index is 0.590. The first kappa shape index (κ1) is 11.3. The molecule has 2 rings (SSSR count). The highest BCUT2D eigenvalue weighted by molar-refractivity contribution is 7.71. The van der Waals surface area contributed by atoms with E-state index < -0.39 is 0 Å². The molecule has 1 unspecified atom stereocenters. The van der Waals surface area contributed by atoms with E-state index in [4.69, 9.17) is 12.2 Å². The van der Waals surface area contributed by atoms with Crippen LogP contribution in [0.1, 0.15) is 20.8 Å². The molecule has 0 saturated heterocycles. The Labute approximate surface area is 101 Å². The Bertz CT molecular complexity index is 538. The van der Waals surface area contributed by atoms with E-state index in [0.29, 0.717) is 11.8 Å². The quantitative estimate of drug-likeness (QED) is 0.827. The summed E-state index contributed by atoms with van der Waals surface area (Å²) in [5, 5.41) is 0. The second kappa shape index (κ2) is 4.37. The van der Waals surface area contributed by atoms with Crippen LogP contribution in [-0.4, -0.2) is 14.5 Å². The molecule has 86 valence electrons. The average molecular weight is 235 g/mol. The summed E-state index contributed by atoms with van der Waals surface area (Å²) in [7, 11) is 0. The van der Waals surface area contributed by atoms with Gasteiger partial charge in [-0.1, -0.05) is 20.8 Å². The van der Waals surface area contributed by atoms with Crippen molar-refractivity contribution in [3.05, 3.63) is 23.1 Å². The van der Waals surface area contributed by atoms with Crippen molar-refractivity contribution in [2.75, 3.05) is 0 Å². The molecular weight excluding hydrogens is 218 g/mol. The van der Waals surface area contributed by atoms with E-state index in [2.05, 4.69) is 35.3 Å². The number of hydrogen-bond acceptors (Lipinski definition) is 2. The van der Waals surface area contributed by atoms with Crippen LogP contribution < -0.4 is 0 Å². The van der Waals surface area contributed by atoms with Gasteiger partial charge in [0.2, 0.25) is 0 Å². The van der Waals surface area contributed by atoms with Crippen molar-refractivity contribution in [3.8, 4) is 0 Å². The molecule has 0 aliphatic rings. The van der Waals surface area contributed by atoms with Crippen LogP contribution in [-0.2, 0) is 6.54 Å². The minimum Gasteiger partial charge on any atom is -0.329 e. The third-order valence-corrected chi connectivity index (χ3v) is 3.46. The number of aromatic nitrogens is 3. The Kier molecular flexibility index (Phi) is 3.10. The molecule has 2 heterocycles. The van der Waals surface area contributed by atoms with E-state index in [0.717, 1.165) is 22.5 Å². The summed E-state index contributed by atoms with van der Waals surface area (Å²) in [6, 6.07) is 3.93. The maximum Gasteiger partial charge on any atom is 0.179 e. The van der Waals surface area contributed by atoms with Crippen LogP contribution in [0.15, 0.2) is 18.3 Å². The number of pyridine rings is 1. The topological polar surface area (TPSA) is 33.6 Å². The van der Waals surface area contributed by atoms with Gasteiger partial charge >= 0.3 is 0 Å². The number of nitrogens with one attached hydrogen (secondary N) is 1. The van der Waals surface area contributed by atoms with Gasteiger partial charge in [-0.3, -0.25) is 0 Å². The second-order valence-corrected chi connectivity index (χ2v) is 5.02. The molecule has 4 heteroatoms. The number of aromatic amines is 1. The lowest BCUT2D eigenvalue weighted by molar-refractivity contribution is 0.366. The standard InChI is InChI=1S/C12H17N3S/c1-8(2)9(3)7-15-11-10(14-12(15)16)5-4-6-13-11/h4-6,8-9H,7H2,1-3H3,(H,14,16). The summed E-state index contributed by atoms with van der Waals surface area (Å²) in [6.07, 6.45) is 1.81. The predicted molar refractivity (Wildman–Crippen MR) is 68.9 cm³/mol. The van der Waals surface area contributed by atoms with Gasteiger partial charge in [0.15, 0.2) is 10.4 Å². The lowest BCUT2D eigenvalue weighted by atomic mass is 9.98. The van der Waals surface area contributed by atoms with Gasteiger partial charge in [0.1, 0.15) is 0 Å². The molecule has 1 atom stereocenters. The summed E-state index contributed by atoms with van der Waals surface area (Å²) in [5.41, 5.74) is 1.98. The van der Waals surface area contributed by atoms with E-state index in [1.54, 1.807) is 0 Å². The maximum absolute atomic E-state index is 5.33. The number of rotatable bonds is 3. The summed E-state index contributed by atoms with van der Waals surface area (Å²) in [6.45, 7) is 7.63. The number of nitrogens with zero attached hydrogens (tertiary/aromatic N) is 2. The monoisotopic (exact) mass is 235 g/mol. The fourth-order valence-electron chi connectivity index (χ4n) is 1.66. The lowest BCUT2D eigenvalue weighted by Crippen LogP contribution is -2.13. The molecule has 0 aliphatic carbocycles. The van der Waals surface area contributed by atoms with Crippen molar-refractivity contribution in [2.24, 2.45) is 11.8 Å². The summed E-state index contributed by atoms with van der Waals surface area (Å²) in [4.78, 5) is 7.57. The molecular formula is C12H17N3S. The highest BCUT2D eigenvalue weighted by atomic mass is 32.1. The fraction of sp³-hybridized carbons (Fsp3) is 0.500. The van der Waals surface area contributed by atoms with Gasteiger partial charge in [-0.15, -0.1) is 0 Å². The van der Waals surface area contributed by atoms with E-state index in [1.165, 1.54) is 0 Å². The number of hydrogen-bond donors (Lipinski definition) is 1. The Morgan fingerprint density at radius 3 is 2.88 bits per heavy atom. The summed E-state index contributed by atoms with van der Waals surface area (Å²) >= 11 is 5.33. The van der Waals surface area contributed by atoms with Crippen molar-refractivity contribution in [1.82, 2.24) is 14.5 Å². The molecule has 0 amide bonds. The zero-order valence-corrected chi connectivity index (χ0v) is 10.7. The van der Waals surface area contributed by atoms with Crippen LogP contribution in [0.4, 0.5) is 0 Å². The highest BCUT2D eigenvalue weighted by Crippen LogP contribution is 2.17. The third-order valence-electron chi connectivity index (χ3n) is 3.14. The van der Waals surface area contributed by atoms with Crippen LogP contribution >= 0.6 is 12.2 Å². The van der Waals surface area contributed by atoms with E-state index >= 15 is 0 Å². The second-order valence-electron chi connectivity index (χ2n) is 4.64. The maximum atomic E-state index is 5.33. The summed E-state index contributed by atoms with van der Waals surface area (Å²) < 4.78 is 2.86. The van der Waals surface area contributed by atoms with Crippen molar-refractivity contribution < 1.29 is 0 Å². The van der Waals surface area contributed by atoms with Gasteiger partial charge in [0.05, 0.1) is 5.52 Å². The minimum absolute atomic E-state index is 0.590. The molecule has 0 spiro atoms. The largest absolute Gasteiger partial charge is 0.329 e. The molecule has 0 radical (unpaired) electrons. The first-order chi connectivity index (χ1) is 7.59. The predicted octanol–water partition coefficient (Wildman–Crippen LogP) is 3.39. The average Bonchev–Trinajstić information content (AvgIpc) is 2.55. The molecule has 2 aromatic heterocycles. The summed E-state index contributed by atoms with van der Waals surface area (Å²) in [5.74, 6) is 1.24. The van der Waals surface area contributed by atoms with Crippen molar-refractivity contribution in [3.63, 3.8) is 0 Å². The van der Waals surface area contributed by atoms with Crippen LogP contribution in [0, 0.1) is 16.6 Å². The Balaban J connectivity index is 2.44. The van der Waals surface area contributed by atoms with Gasteiger partial charge in [-0.2, -0.15) is 0 Å². The lowest BCUT2D eigenvalue weighted by Gasteiger charge is -2.16. The first-order valence-corrected chi connectivity index (χ1v) is 6.04. The van der Waals surface area contributed by atoms with Crippen LogP contribution in [0.25, 0.3) is 11.2 Å². The van der Waals surface area contributed by atoms with Crippen LogP contribution in [0.2, 0.25) is 0 Å². The SMILES string of the molecule is CC(C)C(C)Cn1c(=S)[nH]c2cccnc21. The molecule has 0 aliphatic heterocycles. The fourth-order valence-corrected chi connectivity index (χ4v) is 1.93. The molecule has 3 nitrogen and oxygen atoms in total. The Hall–Kier alpha value is -1.16. The smallest absolute Gasteiger partial charge is 0.179 e. The highest BCUT2D eigenvalue weighted by Gasteiger charge is 2.11. The van der Waals surface area contributed by atoms with E-state index in [-0.39, 0.29) is 0 Å². The van der Waals surface area contributed by atoms with E-state index in [1.807, 2.05) is 18.3 Å². The van der Waals surface area contributed by atoms with Gasteiger partial charge in [0, 0.05) is 12.7 Å². The zero-order valence-electron chi connectivity index (χ0n) is 9.90. The molecule has 2 aromatic rings. The molecule has 0 bridgehead atoms. The number of H-pyrrole nitrogens is 1. The third kappa shape index (κ3) is 2.02. The first-order valence-electron chi connectivity index (χ1n) is 5.63. The van der Waals surface area contributed by atoms with Crippen molar-refractivity contribution in [2.45, 2.75) is 27.3 Å². The van der Waals surface area contributed by atoms with Gasteiger partial charge < -0.3 is 9.55 Å². The number of imidazole rings is 1. The van der Waals surface area contributed by atoms with Crippen molar-refractivity contribution in [1.29, 1.82) is 0 Å². The van der Waals surface area contributed by atoms with E-state index in [9.17, 15) is 0 Å². The van der Waals surface area contributed by atoms with Crippen molar-refractivity contribution >= 4 is 23.4 Å². The molecule has 0 saturated carbocycles. The Morgan fingerprint density at radius 1 is 1.44 bits per heavy atom. The normalized spacial score (nSPS) is 13.5. The zero-order chi connectivity index (χ0) is 11.7. The van der Waals surface area contributed by atoms with Gasteiger partial charge in [0.25, 0.3) is 0 Å². The molecule has 0 fully saturated rings. The van der Waals surface area contributed by atoms with Crippen LogP contribution in [0.3, 0.4) is 0 Å². The Morgan fingerprint density at radius 2 is 2.19 bits per heavy atom. The van der Waals surface area contributed by atoms with Gasteiger partial charge in [-0.05, 0) is 36.2 Å². The molecule has 16 heavy (non-hydrogen) atoms.